The Bertz CT molecular complexity index is 1540. The van der Waals surface area contributed by atoms with Crippen LogP contribution >= 0.6 is 0 Å². The summed E-state index contributed by atoms with van der Waals surface area (Å²) in [5, 5.41) is 2.79. The number of anilines is 1. The third-order valence-electron chi connectivity index (χ3n) is 6.60. The lowest BCUT2D eigenvalue weighted by molar-refractivity contribution is -0.136. The molecule has 3 aromatic carbocycles. The van der Waals surface area contributed by atoms with Crippen LogP contribution in [0.15, 0.2) is 100 Å². The van der Waals surface area contributed by atoms with E-state index >= 15 is 0 Å². The molecule has 5 aromatic rings. The molecule has 7 nitrogen and oxygen atoms in total. The van der Waals surface area contributed by atoms with Crippen molar-refractivity contribution in [3.8, 4) is 22.5 Å². The van der Waals surface area contributed by atoms with Crippen molar-refractivity contribution in [3.05, 3.63) is 102 Å². The number of amides is 1. The fraction of sp³-hybridized carbons (Fsp3) is 0.133. The molecule has 0 spiro atoms. The summed E-state index contributed by atoms with van der Waals surface area (Å²) in [6.45, 7) is 0.675. The second-order valence-corrected chi connectivity index (χ2v) is 8.97. The Labute approximate surface area is 212 Å². The van der Waals surface area contributed by atoms with Gasteiger partial charge in [0.05, 0.1) is 6.26 Å². The number of nitrogens with one attached hydrogen (secondary N) is 1. The van der Waals surface area contributed by atoms with E-state index in [1.165, 1.54) is 6.26 Å². The summed E-state index contributed by atoms with van der Waals surface area (Å²) in [4.78, 5) is 23.4. The standard InChI is InChI=1S/C30H23NO6/c32-19-36-30(15-16-30)24-12-10-22(11-13-24)21-6-8-23(9-7-21)27-26(28-25(37-27)14-17-34-28)31-29(33)35-18-20-4-2-1-3-5-20/h1-14,17,19H,15-16,18H2,(H,31,33). The molecule has 0 aliphatic heterocycles. The fourth-order valence-corrected chi connectivity index (χ4v) is 4.46. The zero-order chi connectivity index (χ0) is 25.2. The number of fused-ring (bicyclic) bond motifs is 1. The molecule has 1 N–H and O–H groups in total. The number of hydrogen-bond acceptors (Lipinski definition) is 6. The molecule has 2 aromatic heterocycles. The van der Waals surface area contributed by atoms with Crippen molar-refractivity contribution >= 4 is 29.4 Å². The quantitative estimate of drug-likeness (QED) is 0.229. The van der Waals surface area contributed by atoms with Crippen LogP contribution in [-0.2, 0) is 26.5 Å². The van der Waals surface area contributed by atoms with Crippen molar-refractivity contribution in [2.24, 2.45) is 0 Å². The third-order valence-corrected chi connectivity index (χ3v) is 6.60. The molecule has 0 bridgehead atoms. The van der Waals surface area contributed by atoms with Crippen molar-refractivity contribution < 1.29 is 27.9 Å². The lowest BCUT2D eigenvalue weighted by Crippen LogP contribution is -2.13. The van der Waals surface area contributed by atoms with E-state index < -0.39 is 11.7 Å². The van der Waals surface area contributed by atoms with Crippen LogP contribution in [-0.4, -0.2) is 12.6 Å². The van der Waals surface area contributed by atoms with E-state index in [0.29, 0.717) is 29.1 Å². The number of carbonyl (C=O) groups is 2. The van der Waals surface area contributed by atoms with Gasteiger partial charge in [0, 0.05) is 11.6 Å². The molecule has 37 heavy (non-hydrogen) atoms. The number of benzene rings is 3. The van der Waals surface area contributed by atoms with Gasteiger partial charge in [0.2, 0.25) is 0 Å². The summed E-state index contributed by atoms with van der Waals surface area (Å²) < 4.78 is 22.3. The van der Waals surface area contributed by atoms with Crippen LogP contribution in [0.2, 0.25) is 0 Å². The molecule has 0 unspecified atom stereocenters. The van der Waals surface area contributed by atoms with Crippen LogP contribution in [0.25, 0.3) is 33.6 Å². The van der Waals surface area contributed by atoms with Gasteiger partial charge in [0.25, 0.3) is 6.47 Å². The molecule has 0 radical (unpaired) electrons. The maximum Gasteiger partial charge on any atom is 0.412 e. The average Bonchev–Trinajstić information content (AvgIpc) is 3.44. The van der Waals surface area contributed by atoms with Gasteiger partial charge in [-0.2, -0.15) is 0 Å². The number of rotatable bonds is 8. The second-order valence-electron chi connectivity index (χ2n) is 8.97. The van der Waals surface area contributed by atoms with Gasteiger partial charge in [-0.05, 0) is 35.1 Å². The average molecular weight is 494 g/mol. The van der Waals surface area contributed by atoms with Gasteiger partial charge < -0.3 is 18.3 Å². The van der Waals surface area contributed by atoms with E-state index in [4.69, 9.17) is 18.3 Å². The predicted molar refractivity (Wildman–Crippen MR) is 138 cm³/mol. The lowest BCUT2D eigenvalue weighted by Gasteiger charge is -2.14. The van der Waals surface area contributed by atoms with Gasteiger partial charge in [-0.3, -0.25) is 10.1 Å². The van der Waals surface area contributed by atoms with E-state index in [1.807, 2.05) is 78.9 Å². The Kier molecular flexibility index (Phi) is 5.73. The summed E-state index contributed by atoms with van der Waals surface area (Å²) >= 11 is 0. The van der Waals surface area contributed by atoms with Gasteiger partial charge in [-0.15, -0.1) is 0 Å². The molecule has 1 amide bonds. The van der Waals surface area contributed by atoms with E-state index in [-0.39, 0.29) is 6.61 Å². The van der Waals surface area contributed by atoms with Gasteiger partial charge in [0.15, 0.2) is 16.9 Å². The monoisotopic (exact) mass is 493 g/mol. The first kappa shape index (κ1) is 22.7. The van der Waals surface area contributed by atoms with Gasteiger partial charge in [0.1, 0.15) is 17.9 Å². The van der Waals surface area contributed by atoms with Crippen molar-refractivity contribution in [1.29, 1.82) is 0 Å². The maximum atomic E-state index is 12.6. The van der Waals surface area contributed by atoms with Crippen LogP contribution in [0, 0.1) is 0 Å². The van der Waals surface area contributed by atoms with E-state index in [2.05, 4.69) is 5.32 Å². The van der Waals surface area contributed by atoms with Crippen molar-refractivity contribution in [1.82, 2.24) is 0 Å². The number of hydrogen-bond donors (Lipinski definition) is 1. The van der Waals surface area contributed by atoms with Crippen LogP contribution in [0.1, 0.15) is 24.0 Å². The topological polar surface area (TPSA) is 90.9 Å². The molecule has 2 heterocycles. The number of furan rings is 2. The molecule has 7 heteroatoms. The Morgan fingerprint density at radius 2 is 1.57 bits per heavy atom. The fourth-order valence-electron chi connectivity index (χ4n) is 4.46. The molecular weight excluding hydrogens is 470 g/mol. The molecule has 1 aliphatic carbocycles. The van der Waals surface area contributed by atoms with Crippen molar-refractivity contribution in [3.63, 3.8) is 0 Å². The summed E-state index contributed by atoms with van der Waals surface area (Å²) in [6, 6.07) is 27.1. The summed E-state index contributed by atoms with van der Waals surface area (Å²) in [5.74, 6) is 0.481. The molecule has 1 saturated carbocycles. The number of carbonyl (C=O) groups excluding carboxylic acids is 2. The Morgan fingerprint density at radius 1 is 0.892 bits per heavy atom. The second kappa shape index (κ2) is 9.35. The molecule has 0 saturated heterocycles. The Balaban J connectivity index is 1.21. The Morgan fingerprint density at radius 3 is 2.24 bits per heavy atom. The van der Waals surface area contributed by atoms with Gasteiger partial charge in [-0.1, -0.05) is 78.9 Å². The van der Waals surface area contributed by atoms with E-state index in [1.54, 1.807) is 6.07 Å². The van der Waals surface area contributed by atoms with Crippen LogP contribution in [0.4, 0.5) is 10.5 Å². The van der Waals surface area contributed by atoms with E-state index in [0.717, 1.165) is 40.7 Å². The zero-order valence-corrected chi connectivity index (χ0v) is 19.8. The highest BCUT2D eigenvalue weighted by molar-refractivity contribution is 6.02. The highest BCUT2D eigenvalue weighted by Crippen LogP contribution is 2.49. The zero-order valence-electron chi connectivity index (χ0n) is 19.8. The molecule has 1 fully saturated rings. The van der Waals surface area contributed by atoms with Crippen molar-refractivity contribution in [2.75, 3.05) is 5.32 Å². The Hall–Kier alpha value is -4.78. The third kappa shape index (κ3) is 4.47. The molecular formula is C30H23NO6. The first-order valence-electron chi connectivity index (χ1n) is 12.0. The van der Waals surface area contributed by atoms with Crippen LogP contribution < -0.4 is 5.32 Å². The molecule has 6 rings (SSSR count). The molecule has 1 aliphatic rings. The highest BCUT2D eigenvalue weighted by Gasteiger charge is 2.46. The largest absolute Gasteiger partial charge is 0.459 e. The van der Waals surface area contributed by atoms with Gasteiger partial charge >= 0.3 is 6.09 Å². The minimum Gasteiger partial charge on any atom is -0.459 e. The highest BCUT2D eigenvalue weighted by atomic mass is 16.6. The summed E-state index contributed by atoms with van der Waals surface area (Å²) in [5.41, 5.74) is 5.66. The van der Waals surface area contributed by atoms with Crippen molar-refractivity contribution in [2.45, 2.75) is 25.0 Å². The van der Waals surface area contributed by atoms with Crippen LogP contribution in [0.3, 0.4) is 0 Å². The SMILES string of the molecule is O=COC1(c2ccc(-c3ccc(-c4oc5ccoc5c4NC(=O)OCc4ccccc4)cc3)cc2)CC1. The first-order valence-corrected chi connectivity index (χ1v) is 12.0. The molecule has 0 atom stereocenters. The predicted octanol–water partition coefficient (Wildman–Crippen LogP) is 7.27. The smallest absolute Gasteiger partial charge is 0.412 e. The summed E-state index contributed by atoms with van der Waals surface area (Å²) in [6.07, 6.45) is 2.61. The minimum absolute atomic E-state index is 0.150. The van der Waals surface area contributed by atoms with Crippen LogP contribution in [0.5, 0.6) is 0 Å². The number of ether oxygens (including phenoxy) is 2. The first-order chi connectivity index (χ1) is 18.1. The minimum atomic E-state index is -0.604. The maximum absolute atomic E-state index is 12.6. The normalized spacial score (nSPS) is 13.7. The van der Waals surface area contributed by atoms with Gasteiger partial charge in [-0.25, -0.2) is 4.79 Å². The molecule has 184 valence electrons. The summed E-state index contributed by atoms with van der Waals surface area (Å²) in [7, 11) is 0. The lowest BCUT2D eigenvalue weighted by atomic mass is 9.99. The van der Waals surface area contributed by atoms with E-state index in [9.17, 15) is 9.59 Å².